The standard InChI is InChI=1S/C12H13N5O3/c13-7-8-3-5-14-12(11(8)17(19)20)15-6-4-10(18)16-9-1-2-9/h3,5,9H,1-2,4,6H2,(H,14,15)(H,16,18). The molecular weight excluding hydrogens is 262 g/mol. The molecule has 0 bridgehead atoms. The minimum absolute atomic E-state index is 0.00766. The fourth-order valence-corrected chi connectivity index (χ4v) is 1.68. The molecule has 2 rings (SSSR count). The van der Waals surface area contributed by atoms with E-state index in [-0.39, 0.29) is 42.0 Å². The van der Waals surface area contributed by atoms with Crippen LogP contribution in [0.15, 0.2) is 12.3 Å². The fraction of sp³-hybridized carbons (Fsp3) is 0.417. The van der Waals surface area contributed by atoms with Crippen LogP contribution < -0.4 is 10.6 Å². The number of carbonyl (C=O) groups excluding carboxylic acids is 1. The van der Waals surface area contributed by atoms with Crippen LogP contribution in [0.3, 0.4) is 0 Å². The van der Waals surface area contributed by atoms with Crippen molar-refractivity contribution in [1.82, 2.24) is 10.3 Å². The molecule has 1 heterocycles. The number of nitrogens with zero attached hydrogens (tertiary/aromatic N) is 3. The second-order valence-corrected chi connectivity index (χ2v) is 4.44. The topological polar surface area (TPSA) is 121 Å². The van der Waals surface area contributed by atoms with Gasteiger partial charge in [0.1, 0.15) is 11.6 Å². The van der Waals surface area contributed by atoms with Gasteiger partial charge in [-0.3, -0.25) is 14.9 Å². The molecule has 0 radical (unpaired) electrons. The van der Waals surface area contributed by atoms with Crippen LogP contribution >= 0.6 is 0 Å². The summed E-state index contributed by atoms with van der Waals surface area (Å²) in [5.74, 6) is -0.0904. The molecule has 1 aliphatic carbocycles. The number of pyridine rings is 1. The zero-order valence-electron chi connectivity index (χ0n) is 10.6. The number of rotatable bonds is 6. The van der Waals surface area contributed by atoms with E-state index in [4.69, 9.17) is 5.26 Å². The summed E-state index contributed by atoms with van der Waals surface area (Å²) >= 11 is 0. The largest absolute Gasteiger partial charge is 0.364 e. The maximum absolute atomic E-state index is 11.5. The number of hydrogen-bond donors (Lipinski definition) is 2. The van der Waals surface area contributed by atoms with Crippen molar-refractivity contribution in [2.24, 2.45) is 0 Å². The van der Waals surface area contributed by atoms with Gasteiger partial charge in [-0.15, -0.1) is 0 Å². The van der Waals surface area contributed by atoms with Gasteiger partial charge in [-0.05, 0) is 18.9 Å². The predicted octanol–water partition coefficient (Wildman–Crippen LogP) is 0.942. The van der Waals surface area contributed by atoms with Gasteiger partial charge < -0.3 is 10.6 Å². The summed E-state index contributed by atoms with van der Waals surface area (Å²) in [5.41, 5.74) is -0.424. The van der Waals surface area contributed by atoms with E-state index in [1.807, 2.05) is 0 Å². The summed E-state index contributed by atoms with van der Waals surface area (Å²) in [7, 11) is 0. The van der Waals surface area contributed by atoms with Gasteiger partial charge in [-0.2, -0.15) is 5.26 Å². The number of nitriles is 1. The first-order chi connectivity index (χ1) is 9.61. The SMILES string of the molecule is N#Cc1ccnc(NCCC(=O)NC2CC2)c1[N+](=O)[O-]. The molecule has 1 aliphatic rings. The Kier molecular flexibility index (Phi) is 4.10. The van der Waals surface area contributed by atoms with E-state index in [2.05, 4.69) is 15.6 Å². The van der Waals surface area contributed by atoms with E-state index in [1.54, 1.807) is 6.07 Å². The van der Waals surface area contributed by atoms with Crippen LogP contribution in [-0.2, 0) is 4.79 Å². The van der Waals surface area contributed by atoms with Crippen LogP contribution in [0.1, 0.15) is 24.8 Å². The van der Waals surface area contributed by atoms with Gasteiger partial charge in [0.15, 0.2) is 0 Å². The van der Waals surface area contributed by atoms with E-state index in [9.17, 15) is 14.9 Å². The van der Waals surface area contributed by atoms with Crippen molar-refractivity contribution in [3.63, 3.8) is 0 Å². The van der Waals surface area contributed by atoms with Crippen LogP contribution in [-0.4, -0.2) is 28.4 Å². The number of aromatic nitrogens is 1. The normalized spacial score (nSPS) is 13.3. The zero-order chi connectivity index (χ0) is 14.5. The number of nitro groups is 1. The predicted molar refractivity (Wildman–Crippen MR) is 69.9 cm³/mol. The summed E-state index contributed by atoms with van der Waals surface area (Å²) in [6, 6.07) is 3.32. The van der Waals surface area contributed by atoms with E-state index >= 15 is 0 Å². The van der Waals surface area contributed by atoms with E-state index in [0.29, 0.717) is 0 Å². The Morgan fingerprint density at radius 1 is 1.60 bits per heavy atom. The molecule has 0 unspecified atom stereocenters. The highest BCUT2D eigenvalue weighted by atomic mass is 16.6. The summed E-state index contributed by atoms with van der Waals surface area (Å²) in [5, 5.41) is 25.3. The van der Waals surface area contributed by atoms with Crippen molar-refractivity contribution in [3.05, 3.63) is 27.9 Å². The molecule has 1 fully saturated rings. The van der Waals surface area contributed by atoms with E-state index < -0.39 is 4.92 Å². The lowest BCUT2D eigenvalue weighted by Crippen LogP contribution is -2.27. The van der Waals surface area contributed by atoms with Crippen molar-refractivity contribution in [3.8, 4) is 6.07 Å². The van der Waals surface area contributed by atoms with Crippen LogP contribution in [0.2, 0.25) is 0 Å². The molecule has 0 saturated heterocycles. The molecule has 104 valence electrons. The second-order valence-electron chi connectivity index (χ2n) is 4.44. The Labute approximate surface area is 115 Å². The lowest BCUT2D eigenvalue weighted by molar-refractivity contribution is -0.384. The van der Waals surface area contributed by atoms with Crippen molar-refractivity contribution < 1.29 is 9.72 Å². The number of nitrogens with one attached hydrogen (secondary N) is 2. The quantitative estimate of drug-likeness (QED) is 0.588. The highest BCUT2D eigenvalue weighted by Crippen LogP contribution is 2.25. The first-order valence-electron chi connectivity index (χ1n) is 6.18. The molecule has 1 aromatic rings. The Morgan fingerprint density at radius 2 is 2.35 bits per heavy atom. The molecule has 1 aromatic heterocycles. The Bertz CT molecular complexity index is 577. The Hall–Kier alpha value is -2.69. The van der Waals surface area contributed by atoms with Crippen LogP contribution in [0.25, 0.3) is 0 Å². The fourth-order valence-electron chi connectivity index (χ4n) is 1.68. The minimum atomic E-state index is -0.655. The van der Waals surface area contributed by atoms with Gasteiger partial charge >= 0.3 is 5.69 Å². The molecule has 0 aromatic carbocycles. The van der Waals surface area contributed by atoms with Crippen LogP contribution in [0, 0.1) is 21.4 Å². The maximum atomic E-state index is 11.5. The molecule has 0 aliphatic heterocycles. The van der Waals surface area contributed by atoms with E-state index in [1.165, 1.54) is 12.3 Å². The van der Waals surface area contributed by atoms with Crippen molar-refractivity contribution in [2.75, 3.05) is 11.9 Å². The first-order valence-corrected chi connectivity index (χ1v) is 6.18. The third kappa shape index (κ3) is 3.41. The molecule has 2 N–H and O–H groups in total. The Morgan fingerprint density at radius 3 is 2.95 bits per heavy atom. The molecule has 8 heteroatoms. The third-order valence-corrected chi connectivity index (χ3v) is 2.81. The summed E-state index contributed by atoms with van der Waals surface area (Å²) in [4.78, 5) is 25.6. The zero-order valence-corrected chi connectivity index (χ0v) is 10.6. The van der Waals surface area contributed by atoms with Crippen molar-refractivity contribution >= 4 is 17.4 Å². The van der Waals surface area contributed by atoms with Crippen LogP contribution in [0.4, 0.5) is 11.5 Å². The first kappa shape index (κ1) is 13.7. The van der Waals surface area contributed by atoms with Crippen LogP contribution in [0.5, 0.6) is 0 Å². The van der Waals surface area contributed by atoms with Gasteiger partial charge in [-0.25, -0.2) is 4.98 Å². The smallest absolute Gasteiger partial charge is 0.328 e. The molecule has 1 amide bonds. The lowest BCUT2D eigenvalue weighted by Gasteiger charge is -2.07. The van der Waals surface area contributed by atoms with Crippen molar-refractivity contribution in [2.45, 2.75) is 25.3 Å². The van der Waals surface area contributed by atoms with Crippen molar-refractivity contribution in [1.29, 1.82) is 5.26 Å². The molecule has 0 spiro atoms. The van der Waals surface area contributed by atoms with Gasteiger partial charge in [0.05, 0.1) is 4.92 Å². The molecular formula is C12H13N5O3. The van der Waals surface area contributed by atoms with Gasteiger partial charge in [0.25, 0.3) is 0 Å². The summed E-state index contributed by atoms with van der Waals surface area (Å²) < 4.78 is 0. The maximum Gasteiger partial charge on any atom is 0.328 e. The summed E-state index contributed by atoms with van der Waals surface area (Å²) in [6.07, 6.45) is 3.54. The minimum Gasteiger partial charge on any atom is -0.364 e. The highest BCUT2D eigenvalue weighted by molar-refractivity contribution is 5.77. The van der Waals surface area contributed by atoms with Gasteiger partial charge in [0.2, 0.25) is 11.7 Å². The second kappa shape index (κ2) is 5.97. The molecule has 0 atom stereocenters. The third-order valence-electron chi connectivity index (χ3n) is 2.81. The Balaban J connectivity index is 1.96. The number of carbonyl (C=O) groups is 1. The monoisotopic (exact) mass is 275 g/mol. The average molecular weight is 275 g/mol. The molecule has 1 saturated carbocycles. The number of anilines is 1. The number of amides is 1. The van der Waals surface area contributed by atoms with E-state index in [0.717, 1.165) is 12.8 Å². The molecule has 20 heavy (non-hydrogen) atoms. The highest BCUT2D eigenvalue weighted by Gasteiger charge is 2.23. The van der Waals surface area contributed by atoms with Gasteiger partial charge in [-0.1, -0.05) is 0 Å². The average Bonchev–Trinajstić information content (AvgIpc) is 3.21. The number of hydrogen-bond acceptors (Lipinski definition) is 6. The lowest BCUT2D eigenvalue weighted by atomic mass is 10.2. The summed E-state index contributed by atoms with van der Waals surface area (Å²) in [6.45, 7) is 0.223. The van der Waals surface area contributed by atoms with Gasteiger partial charge in [0, 0.05) is 25.2 Å². The molecule has 8 nitrogen and oxygen atoms in total.